The SMILES string of the molecule is C=CCN1C(=O)C(C)(C)COc2cc(NC(=O)c3ccc(Cl)c(Cl)c3)ccc21. The van der Waals surface area contributed by atoms with Gasteiger partial charge < -0.3 is 15.0 Å². The molecule has 0 bridgehead atoms. The molecule has 28 heavy (non-hydrogen) atoms. The molecule has 146 valence electrons. The molecule has 0 spiro atoms. The number of benzene rings is 2. The lowest BCUT2D eigenvalue weighted by Gasteiger charge is -2.27. The van der Waals surface area contributed by atoms with E-state index in [1.54, 1.807) is 41.3 Å². The molecule has 2 aromatic rings. The monoisotopic (exact) mass is 418 g/mol. The number of amides is 2. The van der Waals surface area contributed by atoms with Crippen molar-refractivity contribution in [1.29, 1.82) is 0 Å². The zero-order valence-corrected chi connectivity index (χ0v) is 17.1. The molecular formula is C21H20Cl2N2O3. The van der Waals surface area contributed by atoms with Gasteiger partial charge in [0.25, 0.3) is 5.91 Å². The Morgan fingerprint density at radius 2 is 2.00 bits per heavy atom. The van der Waals surface area contributed by atoms with Crippen molar-refractivity contribution < 1.29 is 14.3 Å². The highest BCUT2D eigenvalue weighted by atomic mass is 35.5. The number of halogens is 2. The number of hydrogen-bond acceptors (Lipinski definition) is 3. The van der Waals surface area contributed by atoms with Crippen molar-refractivity contribution in [2.45, 2.75) is 13.8 Å². The first-order valence-electron chi connectivity index (χ1n) is 8.69. The molecule has 7 heteroatoms. The molecule has 2 amide bonds. The van der Waals surface area contributed by atoms with E-state index in [2.05, 4.69) is 11.9 Å². The Bertz CT molecular complexity index is 957. The average molecular weight is 419 g/mol. The Morgan fingerprint density at radius 3 is 2.68 bits per heavy atom. The Balaban J connectivity index is 1.89. The third-order valence-corrected chi connectivity index (χ3v) is 5.15. The van der Waals surface area contributed by atoms with E-state index in [0.29, 0.717) is 39.3 Å². The van der Waals surface area contributed by atoms with Crippen LogP contribution in [-0.2, 0) is 4.79 Å². The van der Waals surface area contributed by atoms with Gasteiger partial charge in [0.15, 0.2) is 0 Å². The number of anilines is 2. The third kappa shape index (κ3) is 4.01. The quantitative estimate of drug-likeness (QED) is 0.695. The van der Waals surface area contributed by atoms with Crippen LogP contribution in [0.25, 0.3) is 0 Å². The molecule has 2 aromatic carbocycles. The van der Waals surface area contributed by atoms with Crippen LogP contribution in [0.15, 0.2) is 49.1 Å². The fraction of sp³-hybridized carbons (Fsp3) is 0.238. The number of nitrogens with one attached hydrogen (secondary N) is 1. The highest BCUT2D eigenvalue weighted by Crippen LogP contribution is 2.38. The number of carbonyl (C=O) groups excluding carboxylic acids is 2. The van der Waals surface area contributed by atoms with Crippen molar-refractivity contribution in [3.8, 4) is 5.75 Å². The molecule has 0 fully saturated rings. The van der Waals surface area contributed by atoms with Gasteiger partial charge in [0.1, 0.15) is 12.4 Å². The van der Waals surface area contributed by atoms with Crippen LogP contribution in [0.5, 0.6) is 5.75 Å². The van der Waals surface area contributed by atoms with E-state index in [4.69, 9.17) is 27.9 Å². The van der Waals surface area contributed by atoms with Gasteiger partial charge in [-0.1, -0.05) is 29.3 Å². The molecule has 1 N–H and O–H groups in total. The second-order valence-corrected chi connectivity index (χ2v) is 7.96. The van der Waals surface area contributed by atoms with Crippen LogP contribution in [-0.4, -0.2) is 25.0 Å². The zero-order valence-electron chi connectivity index (χ0n) is 15.6. The molecule has 0 aromatic heterocycles. The summed E-state index contributed by atoms with van der Waals surface area (Å²) < 4.78 is 5.89. The molecule has 5 nitrogen and oxygen atoms in total. The van der Waals surface area contributed by atoms with Crippen molar-refractivity contribution in [2.24, 2.45) is 5.41 Å². The summed E-state index contributed by atoms with van der Waals surface area (Å²) in [7, 11) is 0. The second kappa shape index (κ2) is 7.86. The van der Waals surface area contributed by atoms with E-state index in [1.807, 2.05) is 13.8 Å². The van der Waals surface area contributed by atoms with Gasteiger partial charge >= 0.3 is 0 Å². The topological polar surface area (TPSA) is 58.6 Å². The van der Waals surface area contributed by atoms with Crippen LogP contribution >= 0.6 is 23.2 Å². The summed E-state index contributed by atoms with van der Waals surface area (Å²) >= 11 is 11.9. The molecular weight excluding hydrogens is 399 g/mol. The number of ether oxygens (including phenoxy) is 1. The van der Waals surface area contributed by atoms with E-state index in [1.165, 1.54) is 6.07 Å². The molecule has 1 aliphatic heterocycles. The molecule has 0 aliphatic carbocycles. The molecule has 0 unspecified atom stereocenters. The fourth-order valence-electron chi connectivity index (χ4n) is 2.88. The maximum absolute atomic E-state index is 12.8. The lowest BCUT2D eigenvalue weighted by atomic mass is 9.93. The summed E-state index contributed by atoms with van der Waals surface area (Å²) in [6.07, 6.45) is 1.67. The minimum atomic E-state index is -0.675. The summed E-state index contributed by atoms with van der Waals surface area (Å²) in [5.41, 5.74) is 0.893. The number of rotatable bonds is 4. The predicted molar refractivity (Wildman–Crippen MR) is 113 cm³/mol. The van der Waals surface area contributed by atoms with Crippen molar-refractivity contribution in [3.63, 3.8) is 0 Å². The molecule has 3 rings (SSSR count). The Hall–Kier alpha value is -2.50. The Labute approximate surface area is 173 Å². The molecule has 1 aliphatic rings. The van der Waals surface area contributed by atoms with Gasteiger partial charge in [-0.25, -0.2) is 0 Å². The van der Waals surface area contributed by atoms with Crippen LogP contribution < -0.4 is 15.0 Å². The number of fused-ring (bicyclic) bond motifs is 1. The second-order valence-electron chi connectivity index (χ2n) is 7.14. The van der Waals surface area contributed by atoms with Gasteiger partial charge in [-0.05, 0) is 44.2 Å². The molecule has 1 heterocycles. The highest BCUT2D eigenvalue weighted by Gasteiger charge is 2.37. The van der Waals surface area contributed by atoms with Gasteiger partial charge in [-0.2, -0.15) is 0 Å². The Kier molecular flexibility index (Phi) is 5.68. The molecule has 0 atom stereocenters. The van der Waals surface area contributed by atoms with E-state index in [0.717, 1.165) is 0 Å². The van der Waals surface area contributed by atoms with E-state index in [-0.39, 0.29) is 18.4 Å². The summed E-state index contributed by atoms with van der Waals surface area (Å²) in [4.78, 5) is 27.0. The molecule has 0 saturated carbocycles. The normalized spacial score (nSPS) is 15.3. The van der Waals surface area contributed by atoms with Crippen LogP contribution in [0.3, 0.4) is 0 Å². The predicted octanol–water partition coefficient (Wildman–Crippen LogP) is 5.18. The minimum absolute atomic E-state index is 0.0428. The first-order chi connectivity index (χ1) is 13.2. The highest BCUT2D eigenvalue weighted by molar-refractivity contribution is 6.42. The van der Waals surface area contributed by atoms with E-state index >= 15 is 0 Å². The van der Waals surface area contributed by atoms with Gasteiger partial charge in [0.2, 0.25) is 5.91 Å². The van der Waals surface area contributed by atoms with Gasteiger partial charge in [0.05, 0.1) is 21.1 Å². The summed E-state index contributed by atoms with van der Waals surface area (Å²) in [5, 5.41) is 3.50. The summed E-state index contributed by atoms with van der Waals surface area (Å²) in [5.74, 6) is 0.151. The standard InChI is InChI=1S/C21H20Cl2N2O3/c1-4-9-25-17-8-6-14(11-18(17)28-12-21(2,3)20(25)27)24-19(26)13-5-7-15(22)16(23)10-13/h4-8,10-11H,1,9,12H2,2-3H3,(H,24,26). The van der Waals surface area contributed by atoms with Gasteiger partial charge in [0, 0.05) is 23.9 Å². The lowest BCUT2D eigenvalue weighted by molar-refractivity contribution is -0.127. The van der Waals surface area contributed by atoms with Crippen molar-refractivity contribution in [3.05, 3.63) is 64.7 Å². The van der Waals surface area contributed by atoms with Crippen molar-refractivity contribution >= 4 is 46.4 Å². The van der Waals surface area contributed by atoms with E-state index < -0.39 is 5.41 Å². The van der Waals surface area contributed by atoms with Crippen molar-refractivity contribution in [1.82, 2.24) is 0 Å². The maximum Gasteiger partial charge on any atom is 0.255 e. The van der Waals surface area contributed by atoms with E-state index in [9.17, 15) is 9.59 Å². The summed E-state index contributed by atoms with van der Waals surface area (Å²) in [6, 6.07) is 9.85. The number of hydrogen-bond donors (Lipinski definition) is 1. The maximum atomic E-state index is 12.8. The molecule has 0 radical (unpaired) electrons. The van der Waals surface area contributed by atoms with Gasteiger partial charge in [-0.3, -0.25) is 9.59 Å². The zero-order chi connectivity index (χ0) is 20.5. The van der Waals surface area contributed by atoms with Crippen LogP contribution in [0.1, 0.15) is 24.2 Å². The van der Waals surface area contributed by atoms with Crippen LogP contribution in [0.4, 0.5) is 11.4 Å². The van der Waals surface area contributed by atoms with Gasteiger partial charge in [-0.15, -0.1) is 6.58 Å². The smallest absolute Gasteiger partial charge is 0.255 e. The summed E-state index contributed by atoms with van der Waals surface area (Å²) in [6.45, 7) is 8.01. The molecule has 0 saturated heterocycles. The minimum Gasteiger partial charge on any atom is -0.490 e. The number of carbonyl (C=O) groups is 2. The largest absolute Gasteiger partial charge is 0.490 e. The fourth-order valence-corrected chi connectivity index (χ4v) is 3.17. The Morgan fingerprint density at radius 1 is 1.25 bits per heavy atom. The van der Waals surface area contributed by atoms with Crippen LogP contribution in [0.2, 0.25) is 10.0 Å². The third-order valence-electron chi connectivity index (χ3n) is 4.41. The lowest BCUT2D eigenvalue weighted by Crippen LogP contribution is -2.42. The first kappa shape index (κ1) is 20.2. The van der Waals surface area contributed by atoms with Crippen LogP contribution in [0, 0.1) is 5.41 Å². The average Bonchev–Trinajstić information content (AvgIpc) is 2.74. The number of nitrogens with zero attached hydrogens (tertiary/aromatic N) is 1. The van der Waals surface area contributed by atoms with Crippen molar-refractivity contribution in [2.75, 3.05) is 23.4 Å². The first-order valence-corrected chi connectivity index (χ1v) is 9.44.